The molecule has 0 spiro atoms. The standard InChI is InChI=1S/C14H11NO3/c16-13-7-10(8-14(17)18-13)12-6-5-9-3-1-2-4-11(9)15-12/h1-6,10H,7-8H2. The molecular weight excluding hydrogens is 230 g/mol. The average molecular weight is 241 g/mol. The summed E-state index contributed by atoms with van der Waals surface area (Å²) < 4.78 is 4.52. The van der Waals surface area contributed by atoms with Crippen LogP contribution in [0, 0.1) is 0 Å². The summed E-state index contributed by atoms with van der Waals surface area (Å²) in [5.74, 6) is -1.10. The summed E-state index contributed by atoms with van der Waals surface area (Å²) in [6.45, 7) is 0. The van der Waals surface area contributed by atoms with Crippen LogP contribution in [0.5, 0.6) is 0 Å². The molecule has 0 atom stereocenters. The number of nitrogens with zero attached hydrogens (tertiary/aromatic N) is 1. The van der Waals surface area contributed by atoms with Gasteiger partial charge in [-0.3, -0.25) is 14.6 Å². The molecule has 0 N–H and O–H groups in total. The maximum atomic E-state index is 11.2. The smallest absolute Gasteiger partial charge is 0.314 e. The second-order valence-electron chi connectivity index (χ2n) is 4.38. The molecule has 90 valence electrons. The number of aromatic nitrogens is 1. The van der Waals surface area contributed by atoms with Crippen molar-refractivity contribution in [3.05, 3.63) is 42.1 Å². The largest absolute Gasteiger partial charge is 0.393 e. The minimum Gasteiger partial charge on any atom is -0.393 e. The zero-order valence-electron chi connectivity index (χ0n) is 9.63. The van der Waals surface area contributed by atoms with Gasteiger partial charge >= 0.3 is 11.9 Å². The van der Waals surface area contributed by atoms with Gasteiger partial charge < -0.3 is 4.74 Å². The Morgan fingerprint density at radius 2 is 1.72 bits per heavy atom. The van der Waals surface area contributed by atoms with Crippen molar-refractivity contribution >= 4 is 22.8 Å². The third-order valence-electron chi connectivity index (χ3n) is 3.09. The Hall–Kier alpha value is -2.23. The topological polar surface area (TPSA) is 56.3 Å². The predicted molar refractivity (Wildman–Crippen MR) is 64.8 cm³/mol. The highest BCUT2D eigenvalue weighted by molar-refractivity contribution is 5.89. The van der Waals surface area contributed by atoms with Gasteiger partial charge in [0.2, 0.25) is 0 Å². The Bertz CT molecular complexity index is 620. The van der Waals surface area contributed by atoms with Gasteiger partial charge in [0.15, 0.2) is 0 Å². The molecule has 0 amide bonds. The van der Waals surface area contributed by atoms with E-state index in [2.05, 4.69) is 9.72 Å². The van der Waals surface area contributed by atoms with E-state index in [-0.39, 0.29) is 18.8 Å². The lowest BCUT2D eigenvalue weighted by molar-refractivity contribution is -0.164. The lowest BCUT2D eigenvalue weighted by Crippen LogP contribution is -2.24. The van der Waals surface area contributed by atoms with Crippen molar-refractivity contribution in [3.8, 4) is 0 Å². The number of carbonyl (C=O) groups excluding carboxylic acids is 2. The molecule has 0 radical (unpaired) electrons. The van der Waals surface area contributed by atoms with Crippen LogP contribution in [0.1, 0.15) is 24.5 Å². The molecule has 4 heteroatoms. The highest BCUT2D eigenvalue weighted by Crippen LogP contribution is 2.28. The van der Waals surface area contributed by atoms with E-state index in [4.69, 9.17) is 0 Å². The summed E-state index contributed by atoms with van der Waals surface area (Å²) in [7, 11) is 0. The van der Waals surface area contributed by atoms with Crippen LogP contribution in [0.3, 0.4) is 0 Å². The fourth-order valence-corrected chi connectivity index (χ4v) is 2.20. The number of benzene rings is 1. The van der Waals surface area contributed by atoms with Gasteiger partial charge in [0.05, 0.1) is 18.4 Å². The molecule has 4 nitrogen and oxygen atoms in total. The first kappa shape index (κ1) is 10.9. The molecule has 1 aromatic carbocycles. The van der Waals surface area contributed by atoms with Gasteiger partial charge in [0.1, 0.15) is 0 Å². The minimum absolute atomic E-state index is 0.164. The van der Waals surface area contributed by atoms with Gasteiger partial charge in [0.25, 0.3) is 0 Å². The van der Waals surface area contributed by atoms with Crippen LogP contribution < -0.4 is 0 Å². The number of esters is 2. The van der Waals surface area contributed by atoms with Gasteiger partial charge in [-0.2, -0.15) is 0 Å². The Kier molecular flexibility index (Phi) is 2.55. The first-order chi connectivity index (χ1) is 8.72. The van der Waals surface area contributed by atoms with Gasteiger partial charge in [-0.15, -0.1) is 0 Å². The number of ether oxygens (including phenoxy) is 1. The minimum atomic E-state index is -0.466. The molecule has 1 aliphatic heterocycles. The van der Waals surface area contributed by atoms with E-state index in [1.165, 1.54) is 0 Å². The summed E-state index contributed by atoms with van der Waals surface area (Å²) >= 11 is 0. The highest BCUT2D eigenvalue weighted by Gasteiger charge is 2.29. The van der Waals surface area contributed by atoms with Crippen LogP contribution in [0.4, 0.5) is 0 Å². The molecule has 3 rings (SSSR count). The number of hydrogen-bond acceptors (Lipinski definition) is 4. The van der Waals surface area contributed by atoms with Crippen molar-refractivity contribution in [2.75, 3.05) is 0 Å². The van der Waals surface area contributed by atoms with Gasteiger partial charge in [-0.05, 0) is 12.1 Å². The molecule has 0 saturated carbocycles. The van der Waals surface area contributed by atoms with Crippen LogP contribution in [-0.2, 0) is 14.3 Å². The number of carbonyl (C=O) groups is 2. The van der Waals surface area contributed by atoms with Crippen molar-refractivity contribution in [2.45, 2.75) is 18.8 Å². The molecule has 2 heterocycles. The summed E-state index contributed by atoms with van der Waals surface area (Å²) in [4.78, 5) is 27.0. The molecule has 0 aliphatic carbocycles. The van der Waals surface area contributed by atoms with E-state index in [0.29, 0.717) is 0 Å². The molecule has 1 saturated heterocycles. The SMILES string of the molecule is O=C1CC(c2ccc3ccccc3n2)CC(=O)O1. The molecule has 1 fully saturated rings. The average Bonchev–Trinajstić information content (AvgIpc) is 2.37. The number of para-hydroxylation sites is 1. The van der Waals surface area contributed by atoms with Gasteiger partial charge in [-0.1, -0.05) is 24.3 Å². The Morgan fingerprint density at radius 3 is 2.50 bits per heavy atom. The molecule has 1 aliphatic rings. The van der Waals surface area contributed by atoms with Crippen molar-refractivity contribution in [2.24, 2.45) is 0 Å². The normalized spacial score (nSPS) is 16.9. The Labute approximate surface area is 104 Å². The van der Waals surface area contributed by atoms with Gasteiger partial charge in [-0.25, -0.2) is 0 Å². The van der Waals surface area contributed by atoms with E-state index in [1.54, 1.807) is 0 Å². The van der Waals surface area contributed by atoms with Crippen LogP contribution in [0.15, 0.2) is 36.4 Å². The van der Waals surface area contributed by atoms with Crippen LogP contribution >= 0.6 is 0 Å². The van der Waals surface area contributed by atoms with Crippen molar-refractivity contribution in [3.63, 3.8) is 0 Å². The summed E-state index contributed by atoms with van der Waals surface area (Å²) in [6, 6.07) is 11.6. The molecule has 0 bridgehead atoms. The zero-order valence-corrected chi connectivity index (χ0v) is 9.63. The third kappa shape index (κ3) is 1.97. The quantitative estimate of drug-likeness (QED) is 0.567. The molecular formula is C14H11NO3. The number of fused-ring (bicyclic) bond motifs is 1. The number of cyclic esters (lactones) is 2. The lowest BCUT2D eigenvalue weighted by atomic mass is 9.95. The number of hydrogen-bond donors (Lipinski definition) is 0. The second kappa shape index (κ2) is 4.22. The van der Waals surface area contributed by atoms with Gasteiger partial charge in [0, 0.05) is 17.0 Å². The van der Waals surface area contributed by atoms with Crippen LogP contribution in [0.2, 0.25) is 0 Å². The van der Waals surface area contributed by atoms with Crippen molar-refractivity contribution < 1.29 is 14.3 Å². The van der Waals surface area contributed by atoms with E-state index >= 15 is 0 Å². The molecule has 1 aromatic heterocycles. The monoisotopic (exact) mass is 241 g/mol. The number of pyridine rings is 1. The maximum absolute atomic E-state index is 11.2. The van der Waals surface area contributed by atoms with Crippen molar-refractivity contribution in [1.29, 1.82) is 0 Å². The molecule has 18 heavy (non-hydrogen) atoms. The van der Waals surface area contributed by atoms with Crippen molar-refractivity contribution in [1.82, 2.24) is 4.98 Å². The van der Waals surface area contributed by atoms with Crippen LogP contribution in [0.25, 0.3) is 10.9 Å². The summed E-state index contributed by atoms with van der Waals surface area (Å²) in [5, 5.41) is 1.05. The molecule has 2 aromatic rings. The highest BCUT2D eigenvalue weighted by atomic mass is 16.6. The van der Waals surface area contributed by atoms with E-state index in [1.807, 2.05) is 36.4 Å². The molecule has 0 unspecified atom stereocenters. The lowest BCUT2D eigenvalue weighted by Gasteiger charge is -2.19. The Balaban J connectivity index is 1.98. The first-order valence-electron chi connectivity index (χ1n) is 5.81. The number of rotatable bonds is 1. The van der Waals surface area contributed by atoms with Crippen LogP contribution in [-0.4, -0.2) is 16.9 Å². The third-order valence-corrected chi connectivity index (χ3v) is 3.09. The fraction of sp³-hybridized carbons (Fsp3) is 0.214. The zero-order chi connectivity index (χ0) is 12.5. The summed E-state index contributed by atoms with van der Waals surface area (Å²) in [6.07, 6.45) is 0.439. The predicted octanol–water partition coefficient (Wildman–Crippen LogP) is 2.18. The van der Waals surface area contributed by atoms with E-state index < -0.39 is 11.9 Å². The second-order valence-corrected chi connectivity index (χ2v) is 4.38. The summed E-state index contributed by atoms with van der Waals surface area (Å²) in [5.41, 5.74) is 1.65. The van der Waals surface area contributed by atoms with E-state index in [9.17, 15) is 9.59 Å². The van der Waals surface area contributed by atoms with E-state index in [0.717, 1.165) is 16.6 Å². The maximum Gasteiger partial charge on any atom is 0.314 e. The Morgan fingerprint density at radius 1 is 1.00 bits per heavy atom. The first-order valence-corrected chi connectivity index (χ1v) is 5.81. The fourth-order valence-electron chi connectivity index (χ4n) is 2.20.